The van der Waals surface area contributed by atoms with Gasteiger partial charge in [0.25, 0.3) is 0 Å². The quantitative estimate of drug-likeness (QED) is 0.202. The summed E-state index contributed by atoms with van der Waals surface area (Å²) in [5.74, 6) is -1.82. The van der Waals surface area contributed by atoms with Gasteiger partial charge in [-0.15, -0.1) is 0 Å². The van der Waals surface area contributed by atoms with Crippen LogP contribution in [0.5, 0.6) is 0 Å². The Hall–Kier alpha value is -5.06. The molecule has 0 unspecified atom stereocenters. The van der Waals surface area contributed by atoms with Gasteiger partial charge in [0, 0.05) is 35.3 Å². The second kappa shape index (κ2) is 9.92. The van der Waals surface area contributed by atoms with E-state index in [0.717, 1.165) is 12.1 Å². The van der Waals surface area contributed by atoms with E-state index in [2.05, 4.69) is 25.0 Å². The van der Waals surface area contributed by atoms with E-state index in [4.69, 9.17) is 0 Å². The Labute approximate surface area is 223 Å². The molecule has 4 heterocycles. The summed E-state index contributed by atoms with van der Waals surface area (Å²) >= 11 is 0. The summed E-state index contributed by atoms with van der Waals surface area (Å²) in [6, 6.07) is 14.5. The van der Waals surface area contributed by atoms with E-state index < -0.39 is 23.4 Å². The van der Waals surface area contributed by atoms with Gasteiger partial charge < -0.3 is 4.98 Å². The highest BCUT2D eigenvalue weighted by atomic mass is 19.4. The lowest BCUT2D eigenvalue weighted by atomic mass is 9.97. The monoisotopic (exact) mass is 545 g/mol. The molecule has 0 spiro atoms. The Kier molecular flexibility index (Phi) is 6.25. The number of halogens is 5. The first-order chi connectivity index (χ1) is 19.3. The number of nitrogens with one attached hydrogen (secondary N) is 1. The first-order valence-corrected chi connectivity index (χ1v) is 12.0. The average Bonchev–Trinajstić information content (AvgIpc) is 3.38. The topological polar surface area (TPSA) is 71.2 Å². The number of alkyl halides is 3. The normalized spacial score (nSPS) is 11.7. The van der Waals surface area contributed by atoms with Crippen molar-refractivity contribution in [3.05, 3.63) is 114 Å². The van der Waals surface area contributed by atoms with Gasteiger partial charge in [-0.2, -0.15) is 13.2 Å². The third kappa shape index (κ3) is 4.89. The number of aromatic nitrogens is 6. The molecule has 0 saturated heterocycles. The molecule has 0 aliphatic rings. The Bertz CT molecular complexity index is 1830. The van der Waals surface area contributed by atoms with Gasteiger partial charge in [0.15, 0.2) is 11.6 Å². The van der Waals surface area contributed by atoms with Gasteiger partial charge in [-0.3, -0.25) is 9.97 Å². The van der Waals surface area contributed by atoms with Gasteiger partial charge in [0.05, 0.1) is 16.8 Å². The van der Waals surface area contributed by atoms with Gasteiger partial charge in [-0.25, -0.2) is 13.8 Å². The number of imidazole rings is 1. The van der Waals surface area contributed by atoms with Crippen LogP contribution in [0, 0.1) is 11.6 Å². The molecule has 0 bridgehead atoms. The number of aromatic amines is 1. The predicted molar refractivity (Wildman–Crippen MR) is 136 cm³/mol. The molecule has 2 aromatic carbocycles. The second-order valence-corrected chi connectivity index (χ2v) is 9.01. The van der Waals surface area contributed by atoms with Crippen molar-refractivity contribution >= 4 is 11.0 Å². The Morgan fingerprint density at radius 3 is 2.48 bits per heavy atom. The van der Waals surface area contributed by atoms with Crippen molar-refractivity contribution in [1.82, 2.24) is 25.0 Å². The van der Waals surface area contributed by atoms with Crippen molar-refractivity contribution in [3.8, 4) is 33.8 Å². The number of hydrogen-bond donors (Lipinski definition) is 1. The number of nitrogens with zero attached hydrogens (tertiary/aromatic N) is 5. The fourth-order valence-corrected chi connectivity index (χ4v) is 4.39. The molecule has 0 aliphatic carbocycles. The maximum atomic E-state index is 14.2. The van der Waals surface area contributed by atoms with Crippen LogP contribution >= 0.6 is 0 Å². The van der Waals surface area contributed by atoms with Crippen LogP contribution in [0.2, 0.25) is 0 Å². The van der Waals surface area contributed by atoms with Crippen molar-refractivity contribution in [3.63, 3.8) is 0 Å². The molecule has 0 amide bonds. The lowest BCUT2D eigenvalue weighted by molar-refractivity contribution is -0.745. The van der Waals surface area contributed by atoms with Gasteiger partial charge in [0.2, 0.25) is 12.7 Å². The molecule has 0 atom stereocenters. The fraction of sp³-hybridized carbons (Fsp3) is 0.0690. The number of H-pyrrole nitrogens is 1. The summed E-state index contributed by atoms with van der Waals surface area (Å²) in [7, 11) is 0. The molecule has 0 fully saturated rings. The van der Waals surface area contributed by atoms with Crippen LogP contribution in [0.3, 0.4) is 0 Å². The fourth-order valence-electron chi connectivity index (χ4n) is 4.39. The number of rotatable bonds is 5. The van der Waals surface area contributed by atoms with Crippen LogP contribution in [-0.2, 0) is 12.7 Å². The third-order valence-electron chi connectivity index (χ3n) is 6.34. The van der Waals surface area contributed by atoms with Gasteiger partial charge in [0.1, 0.15) is 23.1 Å². The van der Waals surface area contributed by atoms with Crippen LogP contribution in [0.15, 0.2) is 91.6 Å². The predicted octanol–water partition coefficient (Wildman–Crippen LogP) is 6.38. The zero-order valence-corrected chi connectivity index (χ0v) is 20.5. The molecule has 40 heavy (non-hydrogen) atoms. The van der Waals surface area contributed by atoms with E-state index in [1.54, 1.807) is 41.3 Å². The molecule has 4 aromatic heterocycles. The lowest BCUT2D eigenvalue weighted by Gasteiger charge is -2.14. The van der Waals surface area contributed by atoms with E-state index in [-0.39, 0.29) is 29.2 Å². The highest BCUT2D eigenvalue weighted by Gasteiger charge is 2.34. The molecule has 6 nitrogen and oxygen atoms in total. The molecule has 0 aliphatic heterocycles. The van der Waals surface area contributed by atoms with E-state index in [1.165, 1.54) is 42.9 Å². The van der Waals surface area contributed by atoms with Crippen LogP contribution in [0.4, 0.5) is 22.0 Å². The number of benzene rings is 2. The average molecular weight is 545 g/mol. The Balaban J connectivity index is 1.26. The minimum absolute atomic E-state index is 0.00534. The van der Waals surface area contributed by atoms with Gasteiger partial charge in [-0.05, 0) is 47.1 Å². The van der Waals surface area contributed by atoms with Gasteiger partial charge in [-0.1, -0.05) is 28.9 Å². The van der Waals surface area contributed by atoms with Crippen LogP contribution in [0.25, 0.3) is 44.8 Å². The largest absolute Gasteiger partial charge is 0.417 e. The van der Waals surface area contributed by atoms with Crippen molar-refractivity contribution in [1.29, 1.82) is 0 Å². The summed E-state index contributed by atoms with van der Waals surface area (Å²) < 4.78 is 71.3. The lowest BCUT2D eigenvalue weighted by Crippen LogP contribution is -2.37. The Morgan fingerprint density at radius 2 is 1.73 bits per heavy atom. The molecular formula is C29H18F5N6+. The second-order valence-electron chi connectivity index (χ2n) is 9.01. The zero-order valence-electron chi connectivity index (χ0n) is 20.5. The minimum atomic E-state index is -4.58. The molecule has 1 N–H and O–H groups in total. The highest BCUT2D eigenvalue weighted by molar-refractivity contribution is 5.77. The first-order valence-electron chi connectivity index (χ1n) is 12.0. The molecule has 0 saturated carbocycles. The standard InChI is InChI=1S/C29H17F5N6/c30-23-5-1-4-21(27(23)31)28-38-25-14-37-40(16-26(25)39-28)15-17-6-9-24(36-12-17)20-8-7-18(11-22(20)29(32,33)34)19-3-2-10-35-13-19/h1-14,16H,15H2/p+1. The highest BCUT2D eigenvalue weighted by Crippen LogP contribution is 2.39. The van der Waals surface area contributed by atoms with Gasteiger partial charge >= 0.3 is 6.18 Å². The third-order valence-corrected chi connectivity index (χ3v) is 6.34. The van der Waals surface area contributed by atoms with Crippen LogP contribution < -0.4 is 4.68 Å². The van der Waals surface area contributed by atoms with E-state index in [9.17, 15) is 22.0 Å². The summed E-state index contributed by atoms with van der Waals surface area (Å²) in [5, 5.41) is 4.30. The van der Waals surface area contributed by atoms with Crippen LogP contribution in [0.1, 0.15) is 11.1 Å². The molecule has 198 valence electrons. The number of fused-ring (bicyclic) bond motifs is 1. The first kappa shape index (κ1) is 25.2. The van der Waals surface area contributed by atoms with E-state index in [0.29, 0.717) is 27.7 Å². The maximum Gasteiger partial charge on any atom is 0.417 e. The molecule has 0 radical (unpaired) electrons. The van der Waals surface area contributed by atoms with Crippen molar-refractivity contribution in [2.45, 2.75) is 12.7 Å². The summed E-state index contributed by atoms with van der Waals surface area (Å²) in [4.78, 5) is 15.5. The number of hydrogen-bond acceptors (Lipinski definition) is 4. The zero-order chi connectivity index (χ0) is 27.9. The van der Waals surface area contributed by atoms with Crippen molar-refractivity contribution in [2.24, 2.45) is 0 Å². The SMILES string of the molecule is Fc1cccc(-c2nc3cn[n+](Cc4ccc(-c5ccc(-c6cccnc6)cc5C(F)(F)F)nc4)cc3[nH]2)c1F. The van der Waals surface area contributed by atoms with Crippen LogP contribution in [-0.4, -0.2) is 25.0 Å². The maximum absolute atomic E-state index is 14.2. The van der Waals surface area contributed by atoms with E-state index in [1.807, 2.05) is 0 Å². The summed E-state index contributed by atoms with van der Waals surface area (Å²) in [6.07, 6.45) is 3.10. The summed E-state index contributed by atoms with van der Waals surface area (Å²) in [5.41, 5.74) is 2.02. The van der Waals surface area contributed by atoms with Crippen molar-refractivity contribution < 1.29 is 26.6 Å². The van der Waals surface area contributed by atoms with Crippen molar-refractivity contribution in [2.75, 3.05) is 0 Å². The smallest absolute Gasteiger partial charge is 0.333 e. The molecule has 6 rings (SSSR count). The molecule has 11 heteroatoms. The minimum Gasteiger partial charge on any atom is -0.333 e. The molecular weight excluding hydrogens is 527 g/mol. The number of pyridine rings is 2. The Morgan fingerprint density at radius 1 is 0.850 bits per heavy atom. The summed E-state index contributed by atoms with van der Waals surface area (Å²) in [6.45, 7) is 0.262. The van der Waals surface area contributed by atoms with E-state index >= 15 is 0 Å². The molecule has 6 aromatic rings.